The first kappa shape index (κ1) is 17.8. The molecule has 0 aliphatic rings. The molecule has 1 N–H and O–H groups in total. The summed E-state index contributed by atoms with van der Waals surface area (Å²) in [5.74, 6) is -0.414. The molecule has 118 valence electrons. The van der Waals surface area contributed by atoms with E-state index in [-0.39, 0.29) is 17.1 Å². The Bertz CT molecular complexity index is 442. The Hall–Kier alpha value is -1.23. The molecule has 0 saturated heterocycles. The normalized spacial score (nSPS) is 12.0. The Balaban J connectivity index is 2.52. The van der Waals surface area contributed by atoms with Gasteiger partial charge in [-0.05, 0) is 24.8 Å². The van der Waals surface area contributed by atoms with E-state index in [0.717, 1.165) is 12.8 Å². The largest absolute Gasteiger partial charge is 0.322 e. The van der Waals surface area contributed by atoms with E-state index < -0.39 is 5.82 Å². The van der Waals surface area contributed by atoms with Crippen molar-refractivity contribution in [2.45, 2.75) is 44.4 Å². The lowest BCUT2D eigenvalue weighted by Gasteiger charge is -2.27. The van der Waals surface area contributed by atoms with Crippen molar-refractivity contribution in [2.75, 3.05) is 18.6 Å². The Morgan fingerprint density at radius 1 is 1.33 bits per heavy atom. The fourth-order valence-corrected chi connectivity index (χ4v) is 2.93. The van der Waals surface area contributed by atoms with Crippen LogP contribution in [0, 0.1) is 5.82 Å². The molecule has 1 unspecified atom stereocenters. The first-order valence-corrected chi connectivity index (χ1v) is 8.70. The van der Waals surface area contributed by atoms with Crippen molar-refractivity contribution in [3.63, 3.8) is 0 Å². The lowest BCUT2D eigenvalue weighted by atomic mass is 10.1. The number of urea groups is 1. The number of nitrogens with zero attached hydrogens (tertiary/aromatic N) is 1. The summed E-state index contributed by atoms with van der Waals surface area (Å²) in [4.78, 5) is 13.8. The quantitative estimate of drug-likeness (QED) is 0.544. The Kier molecular flexibility index (Phi) is 8.20. The summed E-state index contributed by atoms with van der Waals surface area (Å²) in [7, 11) is 1.76. The van der Waals surface area contributed by atoms with Crippen LogP contribution in [0.3, 0.4) is 0 Å². The van der Waals surface area contributed by atoms with Crippen molar-refractivity contribution in [1.29, 1.82) is 0 Å². The Morgan fingerprint density at radius 3 is 2.67 bits per heavy atom. The summed E-state index contributed by atoms with van der Waals surface area (Å²) in [6.45, 7) is 2.18. The van der Waals surface area contributed by atoms with E-state index in [1.165, 1.54) is 25.3 Å². The molecule has 0 bridgehead atoms. The minimum absolute atomic E-state index is 0.119. The van der Waals surface area contributed by atoms with E-state index in [2.05, 4.69) is 12.2 Å². The van der Waals surface area contributed by atoms with Gasteiger partial charge in [0.2, 0.25) is 0 Å². The van der Waals surface area contributed by atoms with Crippen LogP contribution in [0.25, 0.3) is 0 Å². The van der Waals surface area contributed by atoms with Crippen molar-refractivity contribution >= 4 is 23.5 Å². The highest BCUT2D eigenvalue weighted by atomic mass is 32.2. The number of halogens is 1. The van der Waals surface area contributed by atoms with Crippen LogP contribution in [-0.2, 0) is 0 Å². The zero-order chi connectivity index (χ0) is 15.7. The summed E-state index contributed by atoms with van der Waals surface area (Å²) in [5.41, 5.74) is 0.222. The molecule has 1 rings (SSSR count). The van der Waals surface area contributed by atoms with Gasteiger partial charge in [0.1, 0.15) is 5.82 Å². The van der Waals surface area contributed by atoms with Gasteiger partial charge in [-0.25, -0.2) is 9.18 Å². The van der Waals surface area contributed by atoms with Crippen LogP contribution in [-0.4, -0.2) is 29.6 Å². The first-order chi connectivity index (χ1) is 10.1. The lowest BCUT2D eigenvalue weighted by molar-refractivity contribution is 0.216. The third-order valence-corrected chi connectivity index (χ3v) is 4.54. The van der Waals surface area contributed by atoms with Crippen molar-refractivity contribution in [1.82, 2.24) is 4.90 Å². The van der Waals surface area contributed by atoms with Gasteiger partial charge < -0.3 is 10.2 Å². The molecular formula is C16H25FN2OS. The van der Waals surface area contributed by atoms with Gasteiger partial charge in [-0.3, -0.25) is 0 Å². The van der Waals surface area contributed by atoms with E-state index in [0.29, 0.717) is 0 Å². The zero-order valence-electron chi connectivity index (χ0n) is 13.1. The molecule has 2 amide bonds. The monoisotopic (exact) mass is 312 g/mol. The van der Waals surface area contributed by atoms with Crippen LogP contribution in [0.2, 0.25) is 0 Å². The van der Waals surface area contributed by atoms with Gasteiger partial charge in [-0.2, -0.15) is 0 Å². The van der Waals surface area contributed by atoms with Gasteiger partial charge in [0.25, 0.3) is 0 Å². The number of anilines is 1. The maximum atomic E-state index is 13.5. The molecule has 0 heterocycles. The van der Waals surface area contributed by atoms with Crippen LogP contribution in [0.4, 0.5) is 14.9 Å². The molecule has 3 nitrogen and oxygen atoms in total. The van der Waals surface area contributed by atoms with Crippen molar-refractivity contribution in [2.24, 2.45) is 0 Å². The number of benzene rings is 1. The molecule has 0 spiro atoms. The maximum Gasteiger partial charge on any atom is 0.322 e. The summed E-state index contributed by atoms with van der Waals surface area (Å²) >= 11 is 1.65. The number of unbranched alkanes of at least 4 members (excludes halogenated alkanes) is 3. The molecule has 1 atom stereocenters. The number of thioether (sulfide) groups is 1. The van der Waals surface area contributed by atoms with Crippen LogP contribution in [0.5, 0.6) is 0 Å². The average molecular weight is 312 g/mol. The van der Waals surface area contributed by atoms with E-state index in [1.807, 2.05) is 6.26 Å². The van der Waals surface area contributed by atoms with Crippen molar-refractivity contribution in [3.05, 3.63) is 30.1 Å². The Morgan fingerprint density at radius 2 is 2.05 bits per heavy atom. The Labute approximate surface area is 131 Å². The molecule has 0 aromatic heterocycles. The van der Waals surface area contributed by atoms with E-state index in [9.17, 15) is 9.18 Å². The second-order valence-electron chi connectivity index (χ2n) is 5.06. The van der Waals surface area contributed by atoms with Gasteiger partial charge in [0, 0.05) is 7.05 Å². The highest BCUT2D eigenvalue weighted by molar-refractivity contribution is 7.99. The fourth-order valence-electron chi connectivity index (χ4n) is 2.11. The van der Waals surface area contributed by atoms with E-state index >= 15 is 0 Å². The predicted molar refractivity (Wildman–Crippen MR) is 89.2 cm³/mol. The molecule has 0 fully saturated rings. The molecule has 1 aromatic rings. The third-order valence-electron chi connectivity index (χ3n) is 3.44. The minimum atomic E-state index is -0.414. The number of hydrogen-bond donors (Lipinski definition) is 1. The molecule has 0 saturated carbocycles. The van der Waals surface area contributed by atoms with Crippen LogP contribution < -0.4 is 5.32 Å². The van der Waals surface area contributed by atoms with Gasteiger partial charge in [0.05, 0.1) is 11.1 Å². The van der Waals surface area contributed by atoms with Gasteiger partial charge in [-0.1, -0.05) is 44.7 Å². The van der Waals surface area contributed by atoms with Crippen LogP contribution in [0.15, 0.2) is 24.3 Å². The first-order valence-electron chi connectivity index (χ1n) is 7.41. The second-order valence-corrected chi connectivity index (χ2v) is 6.08. The number of amides is 2. The minimum Gasteiger partial charge on any atom is -0.316 e. The van der Waals surface area contributed by atoms with Crippen molar-refractivity contribution in [3.8, 4) is 0 Å². The third kappa shape index (κ3) is 5.96. The topological polar surface area (TPSA) is 32.3 Å². The van der Waals surface area contributed by atoms with E-state index in [1.54, 1.807) is 41.9 Å². The smallest absolute Gasteiger partial charge is 0.316 e. The predicted octanol–water partition coefficient (Wildman–Crippen LogP) is 4.95. The molecule has 1 aromatic carbocycles. The molecule has 0 aliphatic carbocycles. The summed E-state index contributed by atoms with van der Waals surface area (Å²) < 4.78 is 13.5. The molecule has 5 heteroatoms. The molecule has 0 radical (unpaired) electrons. The standard InChI is InChI=1S/C16H25FN2OS/c1-4-5-6-7-12-15(21-3)19(2)16(20)18-14-11-9-8-10-13(14)17/h8-11,15H,4-7,12H2,1-3H3,(H,18,20). The summed E-state index contributed by atoms with van der Waals surface area (Å²) in [6, 6.07) is 5.95. The van der Waals surface area contributed by atoms with E-state index in [4.69, 9.17) is 0 Å². The number of carbonyl (C=O) groups is 1. The summed E-state index contributed by atoms with van der Waals surface area (Å²) in [5, 5.41) is 2.74. The maximum absolute atomic E-state index is 13.5. The van der Waals surface area contributed by atoms with Gasteiger partial charge >= 0.3 is 6.03 Å². The molecule has 0 aliphatic heterocycles. The number of hydrogen-bond acceptors (Lipinski definition) is 2. The zero-order valence-corrected chi connectivity index (χ0v) is 13.9. The van der Waals surface area contributed by atoms with Gasteiger partial charge in [-0.15, -0.1) is 11.8 Å². The highest BCUT2D eigenvalue weighted by Gasteiger charge is 2.19. The average Bonchev–Trinajstić information content (AvgIpc) is 2.49. The molecular weight excluding hydrogens is 287 g/mol. The summed E-state index contributed by atoms with van der Waals surface area (Å²) in [6.07, 6.45) is 7.69. The SMILES string of the molecule is CCCCCCC(SC)N(C)C(=O)Nc1ccccc1F. The number of rotatable bonds is 8. The van der Waals surface area contributed by atoms with Crippen LogP contribution in [0.1, 0.15) is 39.0 Å². The van der Waals surface area contributed by atoms with Gasteiger partial charge in [0.15, 0.2) is 0 Å². The molecule has 21 heavy (non-hydrogen) atoms. The highest BCUT2D eigenvalue weighted by Crippen LogP contribution is 2.20. The lowest BCUT2D eigenvalue weighted by Crippen LogP contribution is -2.38. The fraction of sp³-hybridized carbons (Fsp3) is 0.562. The second kappa shape index (κ2) is 9.66. The number of para-hydroxylation sites is 1. The van der Waals surface area contributed by atoms with Crippen LogP contribution >= 0.6 is 11.8 Å². The number of carbonyl (C=O) groups excluding carboxylic acids is 1. The van der Waals surface area contributed by atoms with Crippen molar-refractivity contribution < 1.29 is 9.18 Å². The number of nitrogens with one attached hydrogen (secondary N) is 1.